The van der Waals surface area contributed by atoms with E-state index in [4.69, 9.17) is 9.88 Å². The molecule has 1 aromatic heterocycles. The first-order valence-corrected chi connectivity index (χ1v) is 12.0. The van der Waals surface area contributed by atoms with Crippen molar-refractivity contribution in [3.63, 3.8) is 0 Å². The number of nitrogens with zero attached hydrogens (tertiary/aromatic N) is 1. The number of sulfonamides is 1. The summed E-state index contributed by atoms with van der Waals surface area (Å²) in [6.45, 7) is -0.485. The fourth-order valence-corrected chi connectivity index (χ4v) is 4.48. The number of carbonyl (C=O) groups excluding carboxylic acids is 2. The molecule has 3 aromatic rings. The number of primary sulfonamides is 1. The van der Waals surface area contributed by atoms with E-state index in [1.807, 2.05) is 11.4 Å². The van der Waals surface area contributed by atoms with Gasteiger partial charge in [0, 0.05) is 21.7 Å². The third-order valence-corrected chi connectivity index (χ3v) is 6.44. The summed E-state index contributed by atoms with van der Waals surface area (Å²) in [5.74, 6) is -0.557. The summed E-state index contributed by atoms with van der Waals surface area (Å²) in [6.07, 6.45) is 0. The maximum atomic E-state index is 12.4. The first-order chi connectivity index (χ1) is 14.3. The van der Waals surface area contributed by atoms with E-state index in [0.29, 0.717) is 17.0 Å². The van der Waals surface area contributed by atoms with Crippen LogP contribution in [0.15, 0.2) is 69.2 Å². The Bertz CT molecular complexity index is 1130. The highest BCUT2D eigenvalue weighted by molar-refractivity contribution is 7.98. The molecule has 3 N–H and O–H groups in total. The lowest BCUT2D eigenvalue weighted by molar-refractivity contribution is -0.119. The molecule has 0 saturated heterocycles. The SMILES string of the molecule is NS(=O)(=O)c1ccc(NC(=O)COC(=O)c2ccccc2SCc2cscn2)cc1. The minimum atomic E-state index is -3.81. The van der Waals surface area contributed by atoms with Crippen molar-refractivity contribution in [1.82, 2.24) is 4.98 Å². The zero-order valence-electron chi connectivity index (χ0n) is 15.5. The summed E-state index contributed by atoms with van der Waals surface area (Å²) in [5, 5.41) is 9.49. The lowest BCUT2D eigenvalue weighted by Gasteiger charge is -2.10. The fourth-order valence-electron chi connectivity index (χ4n) is 2.36. The largest absolute Gasteiger partial charge is 0.452 e. The van der Waals surface area contributed by atoms with E-state index >= 15 is 0 Å². The summed E-state index contributed by atoms with van der Waals surface area (Å²) in [4.78, 5) is 29.4. The highest BCUT2D eigenvalue weighted by Gasteiger charge is 2.15. The minimum absolute atomic E-state index is 0.0707. The van der Waals surface area contributed by atoms with Crippen molar-refractivity contribution < 1.29 is 22.7 Å². The molecular formula is C19H17N3O5S3. The number of esters is 1. The van der Waals surface area contributed by atoms with Crippen LogP contribution in [0.3, 0.4) is 0 Å². The van der Waals surface area contributed by atoms with Gasteiger partial charge in [-0.15, -0.1) is 23.1 Å². The predicted octanol–water partition coefficient (Wildman–Crippen LogP) is 2.88. The van der Waals surface area contributed by atoms with Gasteiger partial charge in [0.2, 0.25) is 10.0 Å². The number of aromatic nitrogens is 1. The second-order valence-corrected chi connectivity index (χ2v) is 9.26. The van der Waals surface area contributed by atoms with E-state index in [1.165, 1.54) is 47.4 Å². The average molecular weight is 464 g/mol. The standard InChI is InChI=1S/C19H17N3O5S3/c20-30(25,26)15-7-5-13(6-8-15)22-18(23)9-27-19(24)16-3-1-2-4-17(16)29-11-14-10-28-12-21-14/h1-8,10,12H,9,11H2,(H,22,23)(H2,20,25,26). The number of hydrogen-bond acceptors (Lipinski definition) is 8. The van der Waals surface area contributed by atoms with Gasteiger partial charge < -0.3 is 10.1 Å². The number of ether oxygens (including phenoxy) is 1. The Morgan fingerprint density at radius 1 is 1.13 bits per heavy atom. The van der Waals surface area contributed by atoms with Gasteiger partial charge in [-0.25, -0.2) is 23.3 Å². The summed E-state index contributed by atoms with van der Waals surface area (Å²) in [7, 11) is -3.81. The van der Waals surface area contributed by atoms with Gasteiger partial charge in [-0.05, 0) is 36.4 Å². The minimum Gasteiger partial charge on any atom is -0.452 e. The topological polar surface area (TPSA) is 128 Å². The van der Waals surface area contributed by atoms with Crippen LogP contribution < -0.4 is 10.5 Å². The van der Waals surface area contributed by atoms with Gasteiger partial charge in [0.05, 0.1) is 21.7 Å². The highest BCUT2D eigenvalue weighted by Crippen LogP contribution is 2.26. The number of rotatable bonds is 8. The van der Waals surface area contributed by atoms with Gasteiger partial charge in [0.1, 0.15) is 0 Å². The van der Waals surface area contributed by atoms with Crippen molar-refractivity contribution in [2.24, 2.45) is 5.14 Å². The van der Waals surface area contributed by atoms with E-state index in [-0.39, 0.29) is 4.90 Å². The van der Waals surface area contributed by atoms with Gasteiger partial charge >= 0.3 is 5.97 Å². The lowest BCUT2D eigenvalue weighted by Crippen LogP contribution is -2.21. The average Bonchev–Trinajstić information content (AvgIpc) is 3.24. The molecular weight excluding hydrogens is 446 g/mol. The Kier molecular flexibility index (Phi) is 7.21. The lowest BCUT2D eigenvalue weighted by atomic mass is 10.2. The zero-order chi connectivity index (χ0) is 21.6. The van der Waals surface area contributed by atoms with Gasteiger partial charge in [-0.1, -0.05) is 12.1 Å². The molecule has 30 heavy (non-hydrogen) atoms. The second kappa shape index (κ2) is 9.85. The molecule has 2 aromatic carbocycles. The molecule has 1 heterocycles. The molecule has 0 radical (unpaired) electrons. The number of thiazole rings is 1. The van der Waals surface area contributed by atoms with E-state index in [2.05, 4.69) is 10.3 Å². The molecule has 0 aliphatic carbocycles. The van der Waals surface area contributed by atoms with Crippen molar-refractivity contribution in [2.45, 2.75) is 15.5 Å². The molecule has 0 atom stereocenters. The third-order valence-electron chi connectivity index (χ3n) is 3.77. The van der Waals surface area contributed by atoms with Crippen molar-refractivity contribution in [3.05, 3.63) is 70.7 Å². The number of nitrogens with one attached hydrogen (secondary N) is 1. The van der Waals surface area contributed by atoms with Crippen LogP contribution in [0.2, 0.25) is 0 Å². The molecule has 0 spiro atoms. The summed E-state index contributed by atoms with van der Waals surface area (Å²) >= 11 is 2.96. The van der Waals surface area contributed by atoms with Crippen LogP contribution in [0.5, 0.6) is 0 Å². The first kappa shape index (κ1) is 22.0. The number of carbonyl (C=O) groups is 2. The first-order valence-electron chi connectivity index (χ1n) is 8.51. The summed E-state index contributed by atoms with van der Waals surface area (Å²) in [6, 6.07) is 12.3. The van der Waals surface area contributed by atoms with Crippen molar-refractivity contribution in [3.8, 4) is 0 Å². The molecule has 1 amide bonds. The Labute approximate surface area is 181 Å². The van der Waals surface area contributed by atoms with Crippen molar-refractivity contribution in [1.29, 1.82) is 0 Å². The number of amides is 1. The van der Waals surface area contributed by atoms with E-state index < -0.39 is 28.5 Å². The summed E-state index contributed by atoms with van der Waals surface area (Å²) in [5.41, 5.74) is 3.38. The number of nitrogens with two attached hydrogens (primary N) is 1. The van der Waals surface area contributed by atoms with Crippen LogP contribution in [-0.4, -0.2) is 31.9 Å². The Balaban J connectivity index is 1.55. The quantitative estimate of drug-likeness (QED) is 0.388. The Morgan fingerprint density at radius 2 is 1.87 bits per heavy atom. The highest BCUT2D eigenvalue weighted by atomic mass is 32.2. The second-order valence-electron chi connectivity index (χ2n) is 5.96. The molecule has 0 fully saturated rings. The van der Waals surface area contributed by atoms with Crippen LogP contribution in [0.4, 0.5) is 5.69 Å². The van der Waals surface area contributed by atoms with Crippen molar-refractivity contribution in [2.75, 3.05) is 11.9 Å². The Hall–Kier alpha value is -2.73. The number of benzene rings is 2. The van der Waals surface area contributed by atoms with Crippen LogP contribution in [0, 0.1) is 0 Å². The smallest absolute Gasteiger partial charge is 0.339 e. The van der Waals surface area contributed by atoms with Gasteiger partial charge in [-0.3, -0.25) is 4.79 Å². The van der Waals surface area contributed by atoms with Gasteiger partial charge in [0.15, 0.2) is 6.61 Å². The third kappa shape index (κ3) is 6.13. The van der Waals surface area contributed by atoms with E-state index in [1.54, 1.807) is 23.7 Å². The number of anilines is 1. The molecule has 0 saturated carbocycles. The maximum absolute atomic E-state index is 12.4. The number of hydrogen-bond donors (Lipinski definition) is 2. The molecule has 156 valence electrons. The molecule has 0 unspecified atom stereocenters. The molecule has 11 heteroatoms. The maximum Gasteiger partial charge on any atom is 0.339 e. The van der Waals surface area contributed by atoms with Gasteiger partial charge in [-0.2, -0.15) is 0 Å². The molecule has 0 bridgehead atoms. The number of thioether (sulfide) groups is 1. The van der Waals surface area contributed by atoms with Gasteiger partial charge in [0.25, 0.3) is 5.91 Å². The molecule has 8 nitrogen and oxygen atoms in total. The van der Waals surface area contributed by atoms with Crippen LogP contribution in [-0.2, 0) is 25.3 Å². The monoisotopic (exact) mass is 463 g/mol. The van der Waals surface area contributed by atoms with Crippen LogP contribution >= 0.6 is 23.1 Å². The fraction of sp³-hybridized carbons (Fsp3) is 0.105. The normalized spacial score (nSPS) is 11.1. The van der Waals surface area contributed by atoms with E-state index in [9.17, 15) is 18.0 Å². The van der Waals surface area contributed by atoms with Crippen LogP contribution in [0.1, 0.15) is 16.1 Å². The molecule has 0 aliphatic rings. The zero-order valence-corrected chi connectivity index (χ0v) is 17.9. The molecule has 3 rings (SSSR count). The molecule has 0 aliphatic heterocycles. The predicted molar refractivity (Wildman–Crippen MR) is 115 cm³/mol. The summed E-state index contributed by atoms with van der Waals surface area (Å²) < 4.78 is 27.6. The van der Waals surface area contributed by atoms with Crippen molar-refractivity contribution >= 4 is 50.7 Å². The Morgan fingerprint density at radius 3 is 2.53 bits per heavy atom. The van der Waals surface area contributed by atoms with E-state index in [0.717, 1.165) is 10.6 Å². The van der Waals surface area contributed by atoms with Crippen LogP contribution in [0.25, 0.3) is 0 Å².